The summed E-state index contributed by atoms with van der Waals surface area (Å²) in [6.45, 7) is 3.13. The van der Waals surface area contributed by atoms with Crippen molar-refractivity contribution >= 4 is 17.6 Å². The monoisotopic (exact) mass is 405 g/mol. The predicted octanol–water partition coefficient (Wildman–Crippen LogP) is 5.59. The number of ether oxygens (including phenoxy) is 1. The molecule has 3 aromatic rings. The summed E-state index contributed by atoms with van der Waals surface area (Å²) in [5, 5.41) is 10.4. The Morgan fingerprint density at radius 3 is 2.07 bits per heavy atom. The van der Waals surface area contributed by atoms with E-state index in [4.69, 9.17) is 14.6 Å². The van der Waals surface area contributed by atoms with Crippen LogP contribution >= 0.6 is 0 Å². The van der Waals surface area contributed by atoms with Gasteiger partial charge in [0.2, 0.25) is 5.91 Å². The van der Waals surface area contributed by atoms with Crippen LogP contribution in [-0.2, 0) is 9.59 Å². The smallest absolute Gasteiger partial charge is 0.300 e. The van der Waals surface area contributed by atoms with E-state index < -0.39 is 5.97 Å². The maximum absolute atomic E-state index is 12.9. The molecule has 156 valence electrons. The van der Waals surface area contributed by atoms with Gasteiger partial charge in [0.1, 0.15) is 5.75 Å². The van der Waals surface area contributed by atoms with Crippen LogP contribution in [0, 0.1) is 0 Å². The molecule has 3 rings (SSSR count). The van der Waals surface area contributed by atoms with Gasteiger partial charge in [-0.05, 0) is 47.4 Å². The van der Waals surface area contributed by atoms with Gasteiger partial charge in [0.25, 0.3) is 5.97 Å². The van der Waals surface area contributed by atoms with Crippen molar-refractivity contribution in [3.63, 3.8) is 0 Å². The number of hydrogen-bond donors (Lipinski definition) is 2. The maximum Gasteiger partial charge on any atom is 0.300 e. The van der Waals surface area contributed by atoms with E-state index in [1.165, 1.54) is 0 Å². The number of benzene rings is 3. The van der Waals surface area contributed by atoms with Crippen molar-refractivity contribution in [2.45, 2.75) is 26.2 Å². The average Bonchev–Trinajstić information content (AvgIpc) is 2.75. The summed E-state index contributed by atoms with van der Waals surface area (Å²) in [5.41, 5.74) is 4.04. The fourth-order valence-electron chi connectivity index (χ4n) is 3.13. The highest BCUT2D eigenvalue weighted by Gasteiger charge is 2.22. The lowest BCUT2D eigenvalue weighted by Crippen LogP contribution is -2.21. The first kappa shape index (κ1) is 22.7. The van der Waals surface area contributed by atoms with Crippen molar-refractivity contribution in [1.82, 2.24) is 0 Å². The van der Waals surface area contributed by atoms with Crippen molar-refractivity contribution in [1.29, 1.82) is 0 Å². The summed E-state index contributed by atoms with van der Waals surface area (Å²) in [4.78, 5) is 21.9. The molecule has 1 unspecified atom stereocenters. The predicted molar refractivity (Wildman–Crippen MR) is 120 cm³/mol. The summed E-state index contributed by atoms with van der Waals surface area (Å²) in [6, 6.07) is 25.7. The van der Waals surface area contributed by atoms with Gasteiger partial charge >= 0.3 is 0 Å². The molecule has 0 bridgehead atoms. The summed E-state index contributed by atoms with van der Waals surface area (Å²) in [5.74, 6) is -0.279. The second-order valence-electron chi connectivity index (χ2n) is 6.65. The first-order valence-electron chi connectivity index (χ1n) is 9.75. The minimum absolute atomic E-state index is 0.000970. The van der Waals surface area contributed by atoms with Crippen molar-refractivity contribution in [2.24, 2.45) is 0 Å². The zero-order chi connectivity index (χ0) is 21.9. The van der Waals surface area contributed by atoms with Gasteiger partial charge in [0, 0.05) is 12.6 Å². The second-order valence-corrected chi connectivity index (χ2v) is 6.65. The lowest BCUT2D eigenvalue weighted by molar-refractivity contribution is -0.134. The first-order chi connectivity index (χ1) is 14.5. The fourth-order valence-corrected chi connectivity index (χ4v) is 3.13. The van der Waals surface area contributed by atoms with E-state index in [1.807, 2.05) is 67.6 Å². The number of rotatable bonds is 6. The van der Waals surface area contributed by atoms with Gasteiger partial charge in [-0.3, -0.25) is 9.59 Å². The lowest BCUT2D eigenvalue weighted by atomic mass is 9.88. The molecule has 0 aliphatic heterocycles. The van der Waals surface area contributed by atoms with Gasteiger partial charge in [-0.1, -0.05) is 61.5 Å². The number of carbonyl (C=O) groups is 2. The van der Waals surface area contributed by atoms with Crippen molar-refractivity contribution in [2.75, 3.05) is 12.4 Å². The number of aliphatic carboxylic acids is 1. The van der Waals surface area contributed by atoms with Crippen LogP contribution in [0.3, 0.4) is 0 Å². The third-order valence-corrected chi connectivity index (χ3v) is 4.50. The lowest BCUT2D eigenvalue weighted by Gasteiger charge is -2.19. The largest absolute Gasteiger partial charge is 0.497 e. The number of amides is 1. The number of carbonyl (C=O) groups excluding carboxylic acids is 1. The number of carboxylic acid groups (broad SMARTS) is 1. The summed E-state index contributed by atoms with van der Waals surface area (Å²) in [7, 11) is 1.63. The molecule has 5 heteroatoms. The number of nitrogens with one attached hydrogen (secondary N) is 1. The van der Waals surface area contributed by atoms with Crippen LogP contribution in [0.25, 0.3) is 11.1 Å². The Kier molecular flexibility index (Phi) is 8.63. The molecule has 30 heavy (non-hydrogen) atoms. The highest BCUT2D eigenvalue weighted by molar-refractivity contribution is 5.97. The molecule has 0 saturated heterocycles. The summed E-state index contributed by atoms with van der Waals surface area (Å²) >= 11 is 0. The number of hydrogen-bond acceptors (Lipinski definition) is 3. The second kappa shape index (κ2) is 11.4. The Hall–Kier alpha value is -3.60. The average molecular weight is 405 g/mol. The van der Waals surface area contributed by atoms with Crippen LogP contribution in [0.15, 0.2) is 78.9 Å². The van der Waals surface area contributed by atoms with Crippen LogP contribution < -0.4 is 10.1 Å². The molecule has 0 fully saturated rings. The van der Waals surface area contributed by atoms with Crippen LogP contribution in [0.1, 0.15) is 31.7 Å². The fraction of sp³-hybridized carbons (Fsp3) is 0.200. The molecule has 5 nitrogen and oxygen atoms in total. The molecule has 0 aliphatic carbocycles. The Morgan fingerprint density at radius 1 is 0.933 bits per heavy atom. The molecule has 0 saturated carbocycles. The highest BCUT2D eigenvalue weighted by atomic mass is 16.5. The van der Waals surface area contributed by atoms with Gasteiger partial charge in [-0.25, -0.2) is 0 Å². The van der Waals surface area contributed by atoms with E-state index in [2.05, 4.69) is 23.5 Å². The molecule has 0 aliphatic rings. The van der Waals surface area contributed by atoms with E-state index in [1.54, 1.807) is 7.11 Å². The molecule has 0 radical (unpaired) electrons. The Balaban J connectivity index is 0.000000735. The Labute approximate surface area is 177 Å². The molecular formula is C25H27NO4. The molecule has 3 aromatic carbocycles. The van der Waals surface area contributed by atoms with E-state index in [9.17, 15) is 4.79 Å². The van der Waals surface area contributed by atoms with E-state index in [0.29, 0.717) is 0 Å². The van der Waals surface area contributed by atoms with Gasteiger partial charge in [-0.2, -0.15) is 0 Å². The van der Waals surface area contributed by atoms with E-state index in [0.717, 1.165) is 41.5 Å². The summed E-state index contributed by atoms with van der Waals surface area (Å²) in [6.07, 6.45) is 0.728. The maximum atomic E-state index is 12.9. The quantitative estimate of drug-likeness (QED) is 0.561. The molecule has 0 spiro atoms. The topological polar surface area (TPSA) is 75.6 Å². The minimum Gasteiger partial charge on any atom is -0.497 e. The van der Waals surface area contributed by atoms with Crippen molar-refractivity contribution < 1.29 is 19.4 Å². The molecule has 1 amide bonds. The van der Waals surface area contributed by atoms with Gasteiger partial charge in [0.15, 0.2) is 0 Å². The SMILES string of the molecule is CC(=O)O.CCC(C(=O)Nc1ccc(OC)cc1)c1ccccc1-c1ccccc1. The molecule has 2 N–H and O–H groups in total. The zero-order valence-corrected chi connectivity index (χ0v) is 17.5. The first-order valence-corrected chi connectivity index (χ1v) is 9.75. The minimum atomic E-state index is -0.833. The van der Waals surface area contributed by atoms with Crippen LogP contribution in [0.5, 0.6) is 5.75 Å². The third kappa shape index (κ3) is 6.48. The van der Waals surface area contributed by atoms with Crippen molar-refractivity contribution in [3.8, 4) is 16.9 Å². The molecule has 1 atom stereocenters. The summed E-state index contributed by atoms with van der Waals surface area (Å²) < 4.78 is 5.16. The van der Waals surface area contributed by atoms with Gasteiger partial charge in [-0.15, -0.1) is 0 Å². The van der Waals surface area contributed by atoms with Crippen LogP contribution in [-0.4, -0.2) is 24.1 Å². The molecule has 0 heterocycles. The Morgan fingerprint density at radius 2 is 1.50 bits per heavy atom. The van der Waals surface area contributed by atoms with Gasteiger partial charge in [0.05, 0.1) is 13.0 Å². The van der Waals surface area contributed by atoms with E-state index >= 15 is 0 Å². The van der Waals surface area contributed by atoms with Crippen LogP contribution in [0.2, 0.25) is 0 Å². The highest BCUT2D eigenvalue weighted by Crippen LogP contribution is 2.32. The van der Waals surface area contributed by atoms with Crippen LogP contribution in [0.4, 0.5) is 5.69 Å². The number of carboxylic acids is 1. The van der Waals surface area contributed by atoms with E-state index in [-0.39, 0.29) is 11.8 Å². The molecular weight excluding hydrogens is 378 g/mol. The van der Waals surface area contributed by atoms with Gasteiger partial charge < -0.3 is 15.2 Å². The molecule has 0 aromatic heterocycles. The zero-order valence-electron chi connectivity index (χ0n) is 17.5. The van der Waals surface area contributed by atoms with Crippen molar-refractivity contribution in [3.05, 3.63) is 84.4 Å². The number of anilines is 1. The third-order valence-electron chi connectivity index (χ3n) is 4.50. The Bertz CT molecular complexity index is 948. The number of methoxy groups -OCH3 is 1. The standard InChI is InChI=1S/C23H23NO2.C2H4O2/c1-3-20(23(25)24-18-13-15-19(26-2)16-14-18)22-12-8-7-11-21(22)17-9-5-4-6-10-17;1-2(3)4/h4-16,20H,3H2,1-2H3,(H,24,25);1H3,(H,3,4). The normalized spacial score (nSPS) is 10.9.